The van der Waals surface area contributed by atoms with Gasteiger partial charge >= 0.3 is 0 Å². The van der Waals surface area contributed by atoms with Crippen LogP contribution in [0.4, 0.5) is 0 Å². The quantitative estimate of drug-likeness (QED) is 0.796. The standard InChI is InChI=1S/C18H16N2O/c19-18(21)15(12-13-6-2-1-3-7-13)17-11-10-14-8-4-5-9-16(14)20-17/h1-11,15H,12H2,(H2,19,21). The third-order valence-electron chi connectivity index (χ3n) is 3.60. The number of nitrogens with zero attached hydrogens (tertiary/aromatic N) is 1. The number of fused-ring (bicyclic) bond motifs is 1. The first-order valence-electron chi connectivity index (χ1n) is 6.93. The van der Waals surface area contributed by atoms with Gasteiger partial charge in [0.15, 0.2) is 0 Å². The van der Waals surface area contributed by atoms with E-state index < -0.39 is 5.92 Å². The van der Waals surface area contributed by atoms with Gasteiger partial charge in [-0.3, -0.25) is 9.78 Å². The molecule has 1 unspecified atom stereocenters. The van der Waals surface area contributed by atoms with E-state index in [9.17, 15) is 4.79 Å². The summed E-state index contributed by atoms with van der Waals surface area (Å²) in [6.45, 7) is 0. The first-order valence-corrected chi connectivity index (χ1v) is 6.93. The van der Waals surface area contributed by atoms with Crippen LogP contribution in [0.25, 0.3) is 10.9 Å². The fourth-order valence-corrected chi connectivity index (χ4v) is 2.48. The van der Waals surface area contributed by atoms with Crippen LogP contribution in [0.1, 0.15) is 17.2 Å². The minimum Gasteiger partial charge on any atom is -0.369 e. The molecule has 0 saturated carbocycles. The highest BCUT2D eigenvalue weighted by Gasteiger charge is 2.20. The average Bonchev–Trinajstić information content (AvgIpc) is 2.53. The third-order valence-corrected chi connectivity index (χ3v) is 3.60. The summed E-state index contributed by atoms with van der Waals surface area (Å²) in [7, 11) is 0. The molecule has 21 heavy (non-hydrogen) atoms. The molecular weight excluding hydrogens is 260 g/mol. The van der Waals surface area contributed by atoms with Crippen molar-refractivity contribution in [1.82, 2.24) is 4.98 Å². The van der Waals surface area contributed by atoms with E-state index >= 15 is 0 Å². The number of benzene rings is 2. The molecule has 0 aliphatic heterocycles. The van der Waals surface area contributed by atoms with Crippen LogP contribution in [0.15, 0.2) is 66.7 Å². The lowest BCUT2D eigenvalue weighted by molar-refractivity contribution is -0.119. The van der Waals surface area contributed by atoms with E-state index in [1.165, 1.54) is 0 Å². The molecule has 0 aliphatic rings. The van der Waals surface area contributed by atoms with Gasteiger partial charge in [0, 0.05) is 5.39 Å². The Morgan fingerprint density at radius 2 is 1.67 bits per heavy atom. The molecule has 1 amide bonds. The summed E-state index contributed by atoms with van der Waals surface area (Å²) < 4.78 is 0. The summed E-state index contributed by atoms with van der Waals surface area (Å²) in [5.41, 5.74) is 8.27. The van der Waals surface area contributed by atoms with Crippen molar-refractivity contribution in [3.05, 3.63) is 78.0 Å². The third kappa shape index (κ3) is 2.92. The number of hydrogen-bond acceptors (Lipinski definition) is 2. The van der Waals surface area contributed by atoms with E-state index in [1.54, 1.807) is 0 Å². The van der Waals surface area contributed by atoms with Crippen LogP contribution < -0.4 is 5.73 Å². The predicted octanol–water partition coefficient (Wildman–Crippen LogP) is 3.05. The Morgan fingerprint density at radius 3 is 2.43 bits per heavy atom. The largest absolute Gasteiger partial charge is 0.369 e. The van der Waals surface area contributed by atoms with Crippen molar-refractivity contribution in [1.29, 1.82) is 0 Å². The lowest BCUT2D eigenvalue weighted by Crippen LogP contribution is -2.24. The Morgan fingerprint density at radius 1 is 0.952 bits per heavy atom. The first kappa shape index (κ1) is 13.3. The second-order valence-corrected chi connectivity index (χ2v) is 5.07. The fraction of sp³-hybridized carbons (Fsp3) is 0.111. The number of nitrogens with two attached hydrogens (primary N) is 1. The molecular formula is C18H16N2O. The van der Waals surface area contributed by atoms with Crippen molar-refractivity contribution in [2.24, 2.45) is 5.73 Å². The highest BCUT2D eigenvalue weighted by Crippen LogP contribution is 2.22. The highest BCUT2D eigenvalue weighted by molar-refractivity contribution is 5.84. The van der Waals surface area contributed by atoms with E-state index in [-0.39, 0.29) is 5.91 Å². The molecule has 2 aromatic carbocycles. The van der Waals surface area contributed by atoms with E-state index in [1.807, 2.05) is 66.7 Å². The fourth-order valence-electron chi connectivity index (χ4n) is 2.48. The van der Waals surface area contributed by atoms with Gasteiger partial charge in [0.2, 0.25) is 5.91 Å². The molecule has 3 nitrogen and oxygen atoms in total. The molecule has 3 aromatic rings. The zero-order chi connectivity index (χ0) is 14.7. The minimum atomic E-state index is -0.406. The van der Waals surface area contributed by atoms with Gasteiger partial charge in [-0.05, 0) is 24.1 Å². The Hall–Kier alpha value is -2.68. The van der Waals surface area contributed by atoms with E-state index in [0.717, 1.165) is 22.2 Å². The maximum atomic E-state index is 11.8. The number of rotatable bonds is 4. The summed E-state index contributed by atoms with van der Waals surface area (Å²) in [6.07, 6.45) is 0.571. The highest BCUT2D eigenvalue weighted by atomic mass is 16.1. The summed E-state index contributed by atoms with van der Waals surface area (Å²) in [6, 6.07) is 21.6. The van der Waals surface area contributed by atoms with Gasteiger partial charge in [0.1, 0.15) is 0 Å². The Kier molecular flexibility index (Phi) is 3.65. The molecule has 0 aliphatic carbocycles. The Labute approximate surface area is 123 Å². The van der Waals surface area contributed by atoms with Gasteiger partial charge in [0.25, 0.3) is 0 Å². The lowest BCUT2D eigenvalue weighted by atomic mass is 9.94. The molecule has 1 aromatic heterocycles. The number of pyridine rings is 1. The molecule has 104 valence electrons. The van der Waals surface area contributed by atoms with Gasteiger partial charge in [-0.2, -0.15) is 0 Å². The molecule has 0 saturated heterocycles. The second kappa shape index (κ2) is 5.75. The summed E-state index contributed by atoms with van der Waals surface area (Å²) >= 11 is 0. The topological polar surface area (TPSA) is 56.0 Å². The molecule has 0 bridgehead atoms. The van der Waals surface area contributed by atoms with Gasteiger partial charge in [-0.1, -0.05) is 54.6 Å². The molecule has 3 heteroatoms. The normalized spacial score (nSPS) is 12.2. The molecule has 1 heterocycles. The maximum absolute atomic E-state index is 11.8. The molecule has 0 fully saturated rings. The van der Waals surface area contributed by atoms with E-state index in [0.29, 0.717) is 6.42 Å². The number of carbonyl (C=O) groups excluding carboxylic acids is 1. The van der Waals surface area contributed by atoms with E-state index in [2.05, 4.69) is 4.98 Å². The number of amides is 1. The molecule has 3 rings (SSSR count). The van der Waals surface area contributed by atoms with Crippen LogP contribution in [0.2, 0.25) is 0 Å². The van der Waals surface area contributed by atoms with E-state index in [4.69, 9.17) is 5.73 Å². The minimum absolute atomic E-state index is 0.346. The van der Waals surface area contributed by atoms with Gasteiger partial charge in [-0.25, -0.2) is 0 Å². The van der Waals surface area contributed by atoms with Crippen molar-refractivity contribution < 1.29 is 4.79 Å². The molecule has 0 spiro atoms. The van der Waals surface area contributed by atoms with Crippen LogP contribution in [0.5, 0.6) is 0 Å². The predicted molar refractivity (Wildman–Crippen MR) is 83.8 cm³/mol. The monoisotopic (exact) mass is 276 g/mol. The van der Waals surface area contributed by atoms with Crippen LogP contribution in [0.3, 0.4) is 0 Å². The lowest BCUT2D eigenvalue weighted by Gasteiger charge is -2.13. The second-order valence-electron chi connectivity index (χ2n) is 5.07. The summed E-state index contributed by atoms with van der Waals surface area (Å²) in [5, 5.41) is 1.06. The number of hydrogen-bond donors (Lipinski definition) is 1. The Balaban J connectivity index is 1.97. The van der Waals surface area contributed by atoms with Gasteiger partial charge in [-0.15, -0.1) is 0 Å². The molecule has 1 atom stereocenters. The van der Waals surface area contributed by atoms with Crippen molar-refractivity contribution in [2.75, 3.05) is 0 Å². The Bertz CT molecular complexity index is 768. The number of carbonyl (C=O) groups is 1. The van der Waals surface area contributed by atoms with Crippen LogP contribution in [-0.2, 0) is 11.2 Å². The zero-order valence-corrected chi connectivity index (χ0v) is 11.6. The molecule has 0 radical (unpaired) electrons. The summed E-state index contributed by atoms with van der Waals surface area (Å²) in [5.74, 6) is -0.751. The van der Waals surface area contributed by atoms with Crippen molar-refractivity contribution in [3.63, 3.8) is 0 Å². The number of primary amides is 1. The van der Waals surface area contributed by atoms with Crippen LogP contribution in [0, 0.1) is 0 Å². The van der Waals surface area contributed by atoms with Crippen molar-refractivity contribution in [2.45, 2.75) is 12.3 Å². The SMILES string of the molecule is NC(=O)C(Cc1ccccc1)c1ccc2ccccc2n1. The maximum Gasteiger partial charge on any atom is 0.226 e. The van der Waals surface area contributed by atoms with Crippen molar-refractivity contribution >= 4 is 16.8 Å². The van der Waals surface area contributed by atoms with Crippen LogP contribution in [-0.4, -0.2) is 10.9 Å². The zero-order valence-electron chi connectivity index (χ0n) is 11.6. The molecule has 2 N–H and O–H groups in total. The van der Waals surface area contributed by atoms with Crippen molar-refractivity contribution in [3.8, 4) is 0 Å². The van der Waals surface area contributed by atoms with Gasteiger partial charge < -0.3 is 5.73 Å². The smallest absolute Gasteiger partial charge is 0.226 e. The number of para-hydroxylation sites is 1. The van der Waals surface area contributed by atoms with Crippen LogP contribution >= 0.6 is 0 Å². The summed E-state index contributed by atoms with van der Waals surface area (Å²) in [4.78, 5) is 16.4. The van der Waals surface area contributed by atoms with Gasteiger partial charge in [0.05, 0.1) is 17.1 Å². The number of aromatic nitrogens is 1. The first-order chi connectivity index (χ1) is 10.2. The average molecular weight is 276 g/mol.